The summed E-state index contributed by atoms with van der Waals surface area (Å²) in [6, 6.07) is 5.96. The lowest BCUT2D eigenvalue weighted by atomic mass is 10.1. The molecule has 0 saturated heterocycles. The number of Topliss-reactive ketones (excluding diaryl/α,β-unsaturated/α-hetero) is 1. The Kier molecular flexibility index (Phi) is 6.57. The molecule has 0 bridgehead atoms. The first-order chi connectivity index (χ1) is 14.7. The molecule has 0 fully saturated rings. The van der Waals surface area contributed by atoms with Crippen LogP contribution in [0.25, 0.3) is 0 Å². The number of anilines is 2. The monoisotopic (exact) mass is 438 g/mol. The second-order valence-electron chi connectivity index (χ2n) is 6.77. The van der Waals surface area contributed by atoms with Gasteiger partial charge in [0.1, 0.15) is 5.75 Å². The summed E-state index contributed by atoms with van der Waals surface area (Å²) in [6.45, 7) is 3.16. The molecule has 0 spiro atoms. The number of halogens is 3. The molecule has 10 heteroatoms. The Morgan fingerprint density at radius 2 is 1.81 bits per heavy atom. The smallest absolute Gasteiger partial charge is 0.416 e. The second-order valence-corrected chi connectivity index (χ2v) is 6.77. The number of amides is 1. The van der Waals surface area contributed by atoms with Gasteiger partial charge in [-0.2, -0.15) is 13.2 Å². The molecule has 0 unspecified atom stereocenters. The Hall–Kier alpha value is -3.43. The average molecular weight is 438 g/mol. The quantitative estimate of drug-likeness (QED) is 0.592. The first-order valence-electron chi connectivity index (χ1n) is 9.51. The second kappa shape index (κ2) is 9.15. The van der Waals surface area contributed by atoms with E-state index in [1.165, 1.54) is 25.1 Å². The molecule has 7 nitrogen and oxygen atoms in total. The largest absolute Gasteiger partial charge is 0.491 e. The summed E-state index contributed by atoms with van der Waals surface area (Å²) >= 11 is 0. The van der Waals surface area contributed by atoms with Crippen molar-refractivity contribution in [2.75, 3.05) is 30.6 Å². The van der Waals surface area contributed by atoms with Gasteiger partial charge in [-0.1, -0.05) is 6.92 Å². The van der Waals surface area contributed by atoms with Crippen molar-refractivity contribution in [3.63, 3.8) is 0 Å². The van der Waals surface area contributed by atoms with Crippen LogP contribution in [0.1, 0.15) is 36.2 Å². The van der Waals surface area contributed by atoms with Crippen LogP contribution in [-0.4, -0.2) is 31.6 Å². The van der Waals surface area contributed by atoms with Crippen molar-refractivity contribution in [3.05, 3.63) is 41.5 Å². The predicted molar refractivity (Wildman–Crippen MR) is 107 cm³/mol. The molecule has 2 N–H and O–H groups in total. The minimum absolute atomic E-state index is 0.00170. The summed E-state index contributed by atoms with van der Waals surface area (Å²) in [6.07, 6.45) is -3.87. The molecule has 1 aliphatic rings. The molecule has 0 aromatic heterocycles. The van der Waals surface area contributed by atoms with Gasteiger partial charge in [0.15, 0.2) is 17.3 Å². The third-order valence-corrected chi connectivity index (χ3v) is 4.37. The SMILES string of the molecule is CCCOc1ccc(C(F)(F)F)cc1NCC(=O)Nc1cc2c(cc1C(C)=O)OCO2. The maximum atomic E-state index is 13.1. The number of hydrogen-bond acceptors (Lipinski definition) is 6. The first-order valence-corrected chi connectivity index (χ1v) is 9.51. The van der Waals surface area contributed by atoms with Crippen LogP contribution in [0.4, 0.5) is 24.5 Å². The van der Waals surface area contributed by atoms with E-state index >= 15 is 0 Å². The molecule has 31 heavy (non-hydrogen) atoms. The number of carbonyl (C=O) groups excluding carboxylic acids is 2. The van der Waals surface area contributed by atoms with E-state index in [9.17, 15) is 22.8 Å². The summed E-state index contributed by atoms with van der Waals surface area (Å²) in [5, 5.41) is 5.26. The minimum Gasteiger partial charge on any atom is -0.491 e. The van der Waals surface area contributed by atoms with Gasteiger partial charge in [0.2, 0.25) is 12.7 Å². The fraction of sp³-hybridized carbons (Fsp3) is 0.333. The summed E-state index contributed by atoms with van der Waals surface area (Å²) < 4.78 is 55.2. The predicted octanol–water partition coefficient (Wildman–Crippen LogP) is 4.48. The molecule has 1 aliphatic heterocycles. The summed E-state index contributed by atoms with van der Waals surface area (Å²) in [4.78, 5) is 24.4. The van der Waals surface area contributed by atoms with Gasteiger partial charge in [-0.3, -0.25) is 9.59 Å². The fourth-order valence-corrected chi connectivity index (χ4v) is 2.89. The Morgan fingerprint density at radius 3 is 2.45 bits per heavy atom. The molecule has 2 aromatic rings. The Morgan fingerprint density at radius 1 is 1.10 bits per heavy atom. The van der Waals surface area contributed by atoms with Gasteiger partial charge < -0.3 is 24.8 Å². The number of benzene rings is 2. The van der Waals surface area contributed by atoms with Crippen LogP contribution in [-0.2, 0) is 11.0 Å². The summed E-state index contributed by atoms with van der Waals surface area (Å²) in [5.41, 5.74) is -0.386. The van der Waals surface area contributed by atoms with Crippen molar-refractivity contribution < 1.29 is 37.0 Å². The zero-order valence-electron chi connectivity index (χ0n) is 16.9. The highest BCUT2D eigenvalue weighted by Gasteiger charge is 2.31. The lowest BCUT2D eigenvalue weighted by molar-refractivity contribution is -0.137. The highest BCUT2D eigenvalue weighted by Crippen LogP contribution is 2.38. The van der Waals surface area contributed by atoms with Gasteiger partial charge in [0, 0.05) is 11.6 Å². The third-order valence-electron chi connectivity index (χ3n) is 4.37. The molecule has 0 atom stereocenters. The van der Waals surface area contributed by atoms with Crippen LogP contribution in [0, 0.1) is 0 Å². The first kappa shape index (κ1) is 22.3. The molecule has 0 aliphatic carbocycles. The number of hydrogen-bond donors (Lipinski definition) is 2. The lowest BCUT2D eigenvalue weighted by Gasteiger charge is -2.16. The van der Waals surface area contributed by atoms with Crippen molar-refractivity contribution in [1.29, 1.82) is 0 Å². The zero-order chi connectivity index (χ0) is 22.6. The maximum absolute atomic E-state index is 13.1. The van der Waals surface area contributed by atoms with Crippen molar-refractivity contribution >= 4 is 23.1 Å². The van der Waals surface area contributed by atoms with Gasteiger partial charge in [0.05, 0.1) is 30.1 Å². The highest BCUT2D eigenvalue weighted by molar-refractivity contribution is 6.05. The summed E-state index contributed by atoms with van der Waals surface area (Å²) in [5.74, 6) is 0.106. The number of ether oxygens (including phenoxy) is 3. The molecule has 0 saturated carbocycles. The van der Waals surface area contributed by atoms with Crippen LogP contribution in [0.15, 0.2) is 30.3 Å². The van der Waals surface area contributed by atoms with E-state index in [0.717, 1.165) is 12.1 Å². The summed E-state index contributed by atoms with van der Waals surface area (Å²) in [7, 11) is 0. The fourth-order valence-electron chi connectivity index (χ4n) is 2.89. The van der Waals surface area contributed by atoms with E-state index < -0.39 is 17.6 Å². The van der Waals surface area contributed by atoms with Gasteiger partial charge in [-0.25, -0.2) is 0 Å². The Balaban J connectivity index is 1.75. The van der Waals surface area contributed by atoms with Gasteiger partial charge in [0.25, 0.3) is 0 Å². The Labute approximate surface area is 176 Å². The maximum Gasteiger partial charge on any atom is 0.416 e. The minimum atomic E-state index is -4.54. The van der Waals surface area contributed by atoms with Crippen molar-refractivity contribution in [2.24, 2.45) is 0 Å². The topological polar surface area (TPSA) is 85.9 Å². The molecule has 1 amide bonds. The van der Waals surface area contributed by atoms with Crippen molar-refractivity contribution in [1.82, 2.24) is 0 Å². The molecular weight excluding hydrogens is 417 g/mol. The third kappa shape index (κ3) is 5.39. The average Bonchev–Trinajstić information content (AvgIpc) is 3.17. The van der Waals surface area contributed by atoms with Gasteiger partial charge in [-0.05, 0) is 37.6 Å². The number of rotatable bonds is 8. The highest BCUT2D eigenvalue weighted by atomic mass is 19.4. The molecule has 2 aromatic carbocycles. The van der Waals surface area contributed by atoms with Gasteiger partial charge >= 0.3 is 6.18 Å². The van der Waals surface area contributed by atoms with Crippen LogP contribution < -0.4 is 24.8 Å². The number of ketones is 1. The molecule has 1 heterocycles. The molecule has 0 radical (unpaired) electrons. The number of nitrogens with one attached hydrogen (secondary N) is 2. The normalized spacial score (nSPS) is 12.4. The standard InChI is InChI=1S/C21H21F3N2O5/c1-3-6-29-17-5-4-13(21(22,23)24)7-16(17)25-10-20(28)26-15-9-19-18(30-11-31-19)8-14(15)12(2)27/h4-5,7-9,25H,3,6,10-11H2,1-2H3,(H,26,28). The van der Waals surface area contributed by atoms with E-state index in [0.29, 0.717) is 24.5 Å². The van der Waals surface area contributed by atoms with Crippen molar-refractivity contribution in [3.8, 4) is 17.2 Å². The molecule has 166 valence electrons. The Bertz CT molecular complexity index is 992. The van der Waals surface area contributed by atoms with Gasteiger partial charge in [-0.15, -0.1) is 0 Å². The zero-order valence-corrected chi connectivity index (χ0v) is 16.9. The lowest BCUT2D eigenvalue weighted by Crippen LogP contribution is -2.23. The molecular formula is C21H21F3N2O5. The number of alkyl halides is 3. The van der Waals surface area contributed by atoms with Crippen LogP contribution in [0.2, 0.25) is 0 Å². The number of carbonyl (C=O) groups is 2. The van der Waals surface area contributed by atoms with E-state index in [2.05, 4.69) is 10.6 Å². The van der Waals surface area contributed by atoms with E-state index in [1.807, 2.05) is 6.92 Å². The van der Waals surface area contributed by atoms with E-state index in [4.69, 9.17) is 14.2 Å². The number of fused-ring (bicyclic) bond motifs is 1. The van der Waals surface area contributed by atoms with Crippen LogP contribution in [0.3, 0.4) is 0 Å². The van der Waals surface area contributed by atoms with E-state index in [-0.39, 0.29) is 41.8 Å². The van der Waals surface area contributed by atoms with E-state index in [1.54, 1.807) is 0 Å². The van der Waals surface area contributed by atoms with Crippen molar-refractivity contribution in [2.45, 2.75) is 26.4 Å². The van der Waals surface area contributed by atoms with Crippen LogP contribution in [0.5, 0.6) is 17.2 Å². The molecule has 3 rings (SSSR count). The van der Waals surface area contributed by atoms with Crippen LogP contribution >= 0.6 is 0 Å².